The monoisotopic (exact) mass is 231 g/mol. The van der Waals surface area contributed by atoms with Crippen molar-refractivity contribution in [3.63, 3.8) is 0 Å². The van der Waals surface area contributed by atoms with Crippen molar-refractivity contribution in [3.8, 4) is 0 Å². The van der Waals surface area contributed by atoms with Gasteiger partial charge in [-0.05, 0) is 19.8 Å². The summed E-state index contributed by atoms with van der Waals surface area (Å²) in [4.78, 5) is 0. The highest BCUT2D eigenvalue weighted by molar-refractivity contribution is 4.72. The van der Waals surface area contributed by atoms with Gasteiger partial charge >= 0.3 is 0 Å². The van der Waals surface area contributed by atoms with Crippen molar-refractivity contribution in [2.45, 2.75) is 84.1 Å². The average Bonchev–Trinajstić information content (AvgIpc) is 2.25. The fourth-order valence-electron chi connectivity index (χ4n) is 1.86. The summed E-state index contributed by atoms with van der Waals surface area (Å²) in [7, 11) is 0. The Bertz CT molecular complexity index is 151. The topological polar surface area (TPSA) is 52.5 Å². The average molecular weight is 231 g/mol. The highest BCUT2D eigenvalue weighted by Gasteiger charge is 2.15. The van der Waals surface area contributed by atoms with Crippen molar-refractivity contribution in [2.24, 2.45) is 0 Å². The first-order valence-electron chi connectivity index (χ1n) is 6.74. The lowest BCUT2D eigenvalue weighted by Crippen LogP contribution is -2.43. The van der Waals surface area contributed by atoms with Crippen molar-refractivity contribution >= 4 is 0 Å². The SMILES string of the molecule is CCCCCC(CCCC)NC(C)C(O)O. The lowest BCUT2D eigenvalue weighted by Gasteiger charge is -2.24. The van der Waals surface area contributed by atoms with Gasteiger partial charge in [0.25, 0.3) is 0 Å². The molecule has 0 saturated carbocycles. The Morgan fingerprint density at radius 3 is 2.00 bits per heavy atom. The molecule has 0 rings (SSSR count). The fourth-order valence-corrected chi connectivity index (χ4v) is 1.86. The van der Waals surface area contributed by atoms with Crippen LogP contribution in [-0.2, 0) is 0 Å². The Kier molecular flexibility index (Phi) is 9.99. The van der Waals surface area contributed by atoms with Gasteiger partial charge in [0.15, 0.2) is 6.29 Å². The van der Waals surface area contributed by atoms with Crippen LogP contribution in [0.5, 0.6) is 0 Å². The molecule has 3 nitrogen and oxygen atoms in total. The quantitative estimate of drug-likeness (QED) is 0.400. The molecular weight excluding hydrogens is 202 g/mol. The van der Waals surface area contributed by atoms with E-state index in [1.807, 2.05) is 6.92 Å². The third-order valence-electron chi connectivity index (χ3n) is 3.01. The van der Waals surface area contributed by atoms with Crippen molar-refractivity contribution in [1.82, 2.24) is 5.32 Å². The van der Waals surface area contributed by atoms with E-state index in [1.165, 1.54) is 32.1 Å². The Balaban J connectivity index is 3.88. The third kappa shape index (κ3) is 8.08. The standard InChI is InChI=1S/C13H29NO2/c1-4-6-8-10-12(9-7-5-2)14-11(3)13(15)16/h11-16H,4-10H2,1-3H3. The van der Waals surface area contributed by atoms with E-state index in [2.05, 4.69) is 19.2 Å². The molecule has 0 radical (unpaired) electrons. The first kappa shape index (κ1) is 15.9. The maximum Gasteiger partial charge on any atom is 0.166 e. The van der Waals surface area contributed by atoms with Gasteiger partial charge in [0.05, 0.1) is 6.04 Å². The summed E-state index contributed by atoms with van der Waals surface area (Å²) in [6, 6.07) is 0.201. The molecular formula is C13H29NO2. The number of hydrogen-bond donors (Lipinski definition) is 3. The summed E-state index contributed by atoms with van der Waals surface area (Å²) in [5, 5.41) is 21.4. The van der Waals surface area contributed by atoms with E-state index < -0.39 is 6.29 Å². The van der Waals surface area contributed by atoms with Crippen LogP contribution in [0.25, 0.3) is 0 Å². The largest absolute Gasteiger partial charge is 0.367 e. The first-order chi connectivity index (χ1) is 7.61. The molecule has 0 amide bonds. The third-order valence-corrected chi connectivity index (χ3v) is 3.01. The summed E-state index contributed by atoms with van der Waals surface area (Å²) in [5.41, 5.74) is 0. The van der Waals surface area contributed by atoms with Crippen molar-refractivity contribution in [2.75, 3.05) is 0 Å². The zero-order valence-corrected chi connectivity index (χ0v) is 11.1. The molecule has 0 aliphatic carbocycles. The summed E-state index contributed by atoms with van der Waals surface area (Å²) in [6.45, 7) is 6.21. The van der Waals surface area contributed by atoms with Crippen LogP contribution in [0.15, 0.2) is 0 Å². The number of aliphatic hydroxyl groups is 2. The van der Waals surface area contributed by atoms with Gasteiger partial charge in [-0.2, -0.15) is 0 Å². The summed E-state index contributed by atoms with van der Waals surface area (Å²) < 4.78 is 0. The second-order valence-corrected chi connectivity index (χ2v) is 4.70. The normalized spacial score (nSPS) is 15.4. The maximum atomic E-state index is 9.06. The van der Waals surface area contributed by atoms with Crippen LogP contribution in [0.3, 0.4) is 0 Å². The Morgan fingerprint density at radius 2 is 1.50 bits per heavy atom. The van der Waals surface area contributed by atoms with E-state index in [0.717, 1.165) is 12.8 Å². The molecule has 0 aromatic carbocycles. The molecule has 0 saturated heterocycles. The zero-order valence-electron chi connectivity index (χ0n) is 11.1. The van der Waals surface area contributed by atoms with Gasteiger partial charge in [0.1, 0.15) is 0 Å². The molecule has 3 heteroatoms. The lowest BCUT2D eigenvalue weighted by atomic mass is 10.0. The van der Waals surface area contributed by atoms with Gasteiger partial charge in [-0.25, -0.2) is 0 Å². The molecule has 0 aliphatic rings. The van der Waals surface area contributed by atoms with Crippen molar-refractivity contribution < 1.29 is 10.2 Å². The van der Waals surface area contributed by atoms with Gasteiger partial charge in [-0.1, -0.05) is 46.0 Å². The summed E-state index contributed by atoms with van der Waals surface area (Å²) >= 11 is 0. The molecule has 98 valence electrons. The minimum absolute atomic E-state index is 0.233. The highest BCUT2D eigenvalue weighted by atomic mass is 16.5. The number of aliphatic hydroxyl groups excluding tert-OH is 1. The number of unbranched alkanes of at least 4 members (excludes halogenated alkanes) is 3. The van der Waals surface area contributed by atoms with Gasteiger partial charge in [0, 0.05) is 6.04 Å². The van der Waals surface area contributed by atoms with Crippen LogP contribution in [0, 0.1) is 0 Å². The van der Waals surface area contributed by atoms with E-state index in [-0.39, 0.29) is 6.04 Å². The van der Waals surface area contributed by atoms with E-state index in [9.17, 15) is 0 Å². The predicted molar refractivity (Wildman–Crippen MR) is 68.3 cm³/mol. The van der Waals surface area contributed by atoms with Crippen LogP contribution >= 0.6 is 0 Å². The van der Waals surface area contributed by atoms with Crippen molar-refractivity contribution in [1.29, 1.82) is 0 Å². The molecule has 0 aromatic rings. The Morgan fingerprint density at radius 1 is 0.938 bits per heavy atom. The molecule has 0 aliphatic heterocycles. The lowest BCUT2D eigenvalue weighted by molar-refractivity contribution is -0.0652. The van der Waals surface area contributed by atoms with E-state index in [0.29, 0.717) is 6.04 Å². The van der Waals surface area contributed by atoms with Crippen LogP contribution in [0.4, 0.5) is 0 Å². The first-order valence-corrected chi connectivity index (χ1v) is 6.74. The minimum atomic E-state index is -1.25. The number of rotatable bonds is 10. The van der Waals surface area contributed by atoms with Crippen molar-refractivity contribution in [3.05, 3.63) is 0 Å². The van der Waals surface area contributed by atoms with Crippen LogP contribution in [-0.4, -0.2) is 28.6 Å². The van der Waals surface area contributed by atoms with Gasteiger partial charge < -0.3 is 15.5 Å². The van der Waals surface area contributed by atoms with E-state index >= 15 is 0 Å². The van der Waals surface area contributed by atoms with Gasteiger partial charge in [0.2, 0.25) is 0 Å². The highest BCUT2D eigenvalue weighted by Crippen LogP contribution is 2.11. The van der Waals surface area contributed by atoms with E-state index in [1.54, 1.807) is 0 Å². The predicted octanol–water partition coefficient (Wildman–Crippen LogP) is 2.41. The van der Waals surface area contributed by atoms with Crippen LogP contribution in [0.2, 0.25) is 0 Å². The summed E-state index contributed by atoms with van der Waals surface area (Å²) in [6.07, 6.45) is 7.16. The van der Waals surface area contributed by atoms with Crippen LogP contribution < -0.4 is 5.32 Å². The number of nitrogens with one attached hydrogen (secondary N) is 1. The van der Waals surface area contributed by atoms with E-state index in [4.69, 9.17) is 10.2 Å². The minimum Gasteiger partial charge on any atom is -0.367 e. The molecule has 0 aromatic heterocycles. The second-order valence-electron chi connectivity index (χ2n) is 4.70. The molecule has 2 atom stereocenters. The molecule has 0 spiro atoms. The zero-order chi connectivity index (χ0) is 12.4. The molecule has 2 unspecified atom stereocenters. The molecule has 0 bridgehead atoms. The smallest absolute Gasteiger partial charge is 0.166 e. The second kappa shape index (κ2) is 10.1. The molecule has 0 fully saturated rings. The Hall–Kier alpha value is -0.120. The van der Waals surface area contributed by atoms with Gasteiger partial charge in [-0.3, -0.25) is 0 Å². The summed E-state index contributed by atoms with van der Waals surface area (Å²) in [5.74, 6) is 0. The molecule has 16 heavy (non-hydrogen) atoms. The van der Waals surface area contributed by atoms with Gasteiger partial charge in [-0.15, -0.1) is 0 Å². The number of hydrogen-bond acceptors (Lipinski definition) is 3. The maximum absolute atomic E-state index is 9.06. The molecule has 3 N–H and O–H groups in total. The Labute approximate surface area is 100 Å². The van der Waals surface area contributed by atoms with Crippen LogP contribution in [0.1, 0.15) is 65.7 Å². The fraction of sp³-hybridized carbons (Fsp3) is 1.00. The molecule has 0 heterocycles.